The van der Waals surface area contributed by atoms with Crippen molar-refractivity contribution in [1.29, 1.82) is 0 Å². The van der Waals surface area contributed by atoms with Crippen LogP contribution < -0.4 is 15.0 Å². The number of rotatable bonds is 6. The summed E-state index contributed by atoms with van der Waals surface area (Å²) in [6, 6.07) is 9.47. The van der Waals surface area contributed by atoms with Gasteiger partial charge in [0.15, 0.2) is 6.61 Å². The highest BCUT2D eigenvalue weighted by Crippen LogP contribution is 2.15. The van der Waals surface area contributed by atoms with Crippen LogP contribution in [0.25, 0.3) is 0 Å². The molecular formula is C19H24N4O2. The van der Waals surface area contributed by atoms with Gasteiger partial charge in [-0.1, -0.05) is 12.1 Å². The first-order valence-corrected chi connectivity index (χ1v) is 8.74. The van der Waals surface area contributed by atoms with Gasteiger partial charge in [0.25, 0.3) is 5.91 Å². The largest absolute Gasteiger partial charge is 0.484 e. The molecular weight excluding hydrogens is 316 g/mol. The third-order valence-electron chi connectivity index (χ3n) is 4.17. The molecule has 0 bridgehead atoms. The molecule has 2 aromatic rings. The first-order valence-electron chi connectivity index (χ1n) is 8.74. The topological polar surface area (TPSA) is 67.3 Å². The Kier molecular flexibility index (Phi) is 5.82. The van der Waals surface area contributed by atoms with Crippen molar-refractivity contribution in [2.45, 2.75) is 32.7 Å². The van der Waals surface area contributed by atoms with Crippen molar-refractivity contribution < 1.29 is 9.53 Å². The lowest BCUT2D eigenvalue weighted by molar-refractivity contribution is -0.123. The molecule has 2 heterocycles. The van der Waals surface area contributed by atoms with Gasteiger partial charge in [-0.2, -0.15) is 0 Å². The molecule has 1 aromatic heterocycles. The zero-order valence-electron chi connectivity index (χ0n) is 14.6. The number of nitrogens with zero attached hydrogens (tertiary/aromatic N) is 3. The van der Waals surface area contributed by atoms with E-state index in [9.17, 15) is 4.79 Å². The molecule has 132 valence electrons. The number of piperidine rings is 1. The molecule has 1 fully saturated rings. The van der Waals surface area contributed by atoms with Gasteiger partial charge in [-0.15, -0.1) is 0 Å². The number of carbonyl (C=O) groups excluding carboxylic acids is 1. The molecule has 3 rings (SSSR count). The predicted octanol–water partition coefficient (Wildman–Crippen LogP) is 2.47. The second-order valence-corrected chi connectivity index (χ2v) is 6.28. The number of hydrogen-bond donors (Lipinski definition) is 1. The molecule has 0 aliphatic carbocycles. The standard InChI is InChI=1S/C19H24N4O2/c1-15-6-5-7-17(12-15)25-14-18(24)21-13-16-8-9-20-19(22-16)23-10-3-2-4-11-23/h5-9,12H,2-4,10-11,13-14H2,1H3,(H,21,24). The first-order chi connectivity index (χ1) is 12.2. The Morgan fingerprint density at radius 2 is 2.08 bits per heavy atom. The lowest BCUT2D eigenvalue weighted by atomic mass is 10.1. The van der Waals surface area contributed by atoms with Crippen LogP contribution in [0.2, 0.25) is 0 Å². The van der Waals surface area contributed by atoms with Crippen LogP contribution in [0.3, 0.4) is 0 Å². The molecule has 0 unspecified atom stereocenters. The predicted molar refractivity (Wildman–Crippen MR) is 96.6 cm³/mol. The molecule has 1 N–H and O–H groups in total. The molecule has 6 nitrogen and oxygen atoms in total. The summed E-state index contributed by atoms with van der Waals surface area (Å²) in [4.78, 5) is 23.1. The fraction of sp³-hybridized carbons (Fsp3) is 0.421. The monoisotopic (exact) mass is 340 g/mol. The summed E-state index contributed by atoms with van der Waals surface area (Å²) < 4.78 is 5.50. The van der Waals surface area contributed by atoms with Crippen LogP contribution >= 0.6 is 0 Å². The van der Waals surface area contributed by atoms with Crippen LogP contribution in [0.15, 0.2) is 36.5 Å². The van der Waals surface area contributed by atoms with Crippen LogP contribution in [0.4, 0.5) is 5.95 Å². The molecule has 1 aromatic carbocycles. The lowest BCUT2D eigenvalue weighted by Crippen LogP contribution is -2.32. The molecule has 6 heteroatoms. The Morgan fingerprint density at radius 1 is 1.24 bits per heavy atom. The number of benzene rings is 1. The third-order valence-corrected chi connectivity index (χ3v) is 4.17. The van der Waals surface area contributed by atoms with E-state index < -0.39 is 0 Å². The molecule has 1 aliphatic heterocycles. The number of anilines is 1. The third kappa shape index (κ3) is 5.17. The number of ether oxygens (including phenoxy) is 1. The van der Waals surface area contributed by atoms with E-state index >= 15 is 0 Å². The van der Waals surface area contributed by atoms with Crippen LogP contribution in [0, 0.1) is 6.92 Å². The smallest absolute Gasteiger partial charge is 0.258 e. The number of carbonyl (C=O) groups is 1. The molecule has 0 atom stereocenters. The minimum atomic E-state index is -0.167. The molecule has 0 radical (unpaired) electrons. The maximum absolute atomic E-state index is 12.0. The average molecular weight is 340 g/mol. The Morgan fingerprint density at radius 3 is 2.88 bits per heavy atom. The van der Waals surface area contributed by atoms with E-state index in [2.05, 4.69) is 20.2 Å². The Hall–Kier alpha value is -2.63. The molecule has 0 saturated carbocycles. The summed E-state index contributed by atoms with van der Waals surface area (Å²) in [5.74, 6) is 1.28. The van der Waals surface area contributed by atoms with Gasteiger partial charge in [-0.05, 0) is 49.9 Å². The highest BCUT2D eigenvalue weighted by atomic mass is 16.5. The van der Waals surface area contributed by atoms with Crippen molar-refractivity contribution in [2.24, 2.45) is 0 Å². The van der Waals surface area contributed by atoms with E-state index in [4.69, 9.17) is 4.74 Å². The SMILES string of the molecule is Cc1cccc(OCC(=O)NCc2ccnc(N3CCCCC3)n2)c1. The Bertz CT molecular complexity index is 714. The van der Waals surface area contributed by atoms with Gasteiger partial charge in [-0.25, -0.2) is 9.97 Å². The lowest BCUT2D eigenvalue weighted by Gasteiger charge is -2.26. The minimum Gasteiger partial charge on any atom is -0.484 e. The number of amides is 1. The molecule has 1 aliphatic rings. The van der Waals surface area contributed by atoms with E-state index in [1.165, 1.54) is 19.3 Å². The van der Waals surface area contributed by atoms with Gasteiger partial charge < -0.3 is 15.0 Å². The quantitative estimate of drug-likeness (QED) is 0.875. The molecule has 1 saturated heterocycles. The van der Waals surface area contributed by atoms with E-state index in [-0.39, 0.29) is 12.5 Å². The van der Waals surface area contributed by atoms with E-state index in [1.807, 2.05) is 37.3 Å². The van der Waals surface area contributed by atoms with E-state index in [1.54, 1.807) is 6.20 Å². The summed E-state index contributed by atoms with van der Waals surface area (Å²) >= 11 is 0. The number of hydrogen-bond acceptors (Lipinski definition) is 5. The van der Waals surface area contributed by atoms with Crippen molar-refractivity contribution in [2.75, 3.05) is 24.6 Å². The van der Waals surface area contributed by atoms with Gasteiger partial charge in [0.05, 0.1) is 12.2 Å². The second-order valence-electron chi connectivity index (χ2n) is 6.28. The Labute approximate surface area is 148 Å². The fourth-order valence-electron chi connectivity index (χ4n) is 2.82. The first kappa shape index (κ1) is 17.2. The number of aromatic nitrogens is 2. The molecule has 1 amide bonds. The molecule has 25 heavy (non-hydrogen) atoms. The van der Waals surface area contributed by atoms with Gasteiger partial charge in [0, 0.05) is 19.3 Å². The number of aryl methyl sites for hydroxylation is 1. The minimum absolute atomic E-state index is 0.00643. The zero-order chi connectivity index (χ0) is 17.5. The average Bonchev–Trinajstić information content (AvgIpc) is 2.66. The van der Waals surface area contributed by atoms with E-state index in [0.29, 0.717) is 12.3 Å². The summed E-state index contributed by atoms with van der Waals surface area (Å²) in [6.07, 6.45) is 5.39. The van der Waals surface area contributed by atoms with Crippen LogP contribution in [0.5, 0.6) is 5.75 Å². The van der Waals surface area contributed by atoms with Crippen LogP contribution in [0.1, 0.15) is 30.5 Å². The summed E-state index contributed by atoms with van der Waals surface area (Å²) in [6.45, 7) is 4.36. The zero-order valence-corrected chi connectivity index (χ0v) is 14.6. The van der Waals surface area contributed by atoms with Crippen molar-refractivity contribution >= 4 is 11.9 Å². The van der Waals surface area contributed by atoms with Gasteiger partial charge in [-0.3, -0.25) is 4.79 Å². The van der Waals surface area contributed by atoms with Gasteiger partial charge >= 0.3 is 0 Å². The number of nitrogens with one attached hydrogen (secondary N) is 1. The van der Waals surface area contributed by atoms with Crippen molar-refractivity contribution in [3.63, 3.8) is 0 Å². The van der Waals surface area contributed by atoms with Crippen molar-refractivity contribution in [1.82, 2.24) is 15.3 Å². The fourth-order valence-corrected chi connectivity index (χ4v) is 2.82. The van der Waals surface area contributed by atoms with E-state index in [0.717, 1.165) is 30.3 Å². The Balaban J connectivity index is 1.48. The summed E-state index contributed by atoms with van der Waals surface area (Å²) in [7, 11) is 0. The maximum Gasteiger partial charge on any atom is 0.258 e. The highest BCUT2D eigenvalue weighted by Gasteiger charge is 2.13. The van der Waals surface area contributed by atoms with Crippen LogP contribution in [-0.4, -0.2) is 35.6 Å². The second kappa shape index (κ2) is 8.46. The van der Waals surface area contributed by atoms with Gasteiger partial charge in [0.2, 0.25) is 5.95 Å². The summed E-state index contributed by atoms with van der Waals surface area (Å²) in [5, 5.41) is 2.84. The maximum atomic E-state index is 12.0. The molecule has 0 spiro atoms. The highest BCUT2D eigenvalue weighted by molar-refractivity contribution is 5.77. The van der Waals surface area contributed by atoms with Gasteiger partial charge in [0.1, 0.15) is 5.75 Å². The normalized spacial score (nSPS) is 14.2. The van der Waals surface area contributed by atoms with Crippen molar-refractivity contribution in [3.8, 4) is 5.75 Å². The summed E-state index contributed by atoms with van der Waals surface area (Å²) in [5.41, 5.74) is 1.91. The van der Waals surface area contributed by atoms with Crippen molar-refractivity contribution in [3.05, 3.63) is 47.8 Å². The van der Waals surface area contributed by atoms with Crippen LogP contribution in [-0.2, 0) is 11.3 Å².